The fourth-order valence-electron chi connectivity index (χ4n) is 7.23. The molecule has 1 unspecified atom stereocenters. The summed E-state index contributed by atoms with van der Waals surface area (Å²) in [6.07, 6.45) is 18.5. The van der Waals surface area contributed by atoms with E-state index in [9.17, 15) is 5.11 Å². The molecule has 0 saturated heterocycles. The van der Waals surface area contributed by atoms with Gasteiger partial charge in [-0.15, -0.1) is 0 Å². The fraction of sp³-hybridized carbons (Fsp3) is 0.810. The highest BCUT2D eigenvalue weighted by atomic mass is 16.2. The van der Waals surface area contributed by atoms with E-state index in [-0.39, 0.29) is 0 Å². The molecular formula is C21H32O. The number of allylic oxidation sites excluding steroid dienone is 3. The Hall–Kier alpha value is -0.720. The number of hydrogen-bond acceptors (Lipinski definition) is 1. The third-order valence-corrected chi connectivity index (χ3v) is 8.48. The van der Waals surface area contributed by atoms with Gasteiger partial charge in [0.15, 0.2) is 0 Å². The second-order valence-electron chi connectivity index (χ2n) is 9.07. The molecule has 122 valence electrons. The van der Waals surface area contributed by atoms with Gasteiger partial charge >= 0.3 is 0 Å². The molecule has 4 rings (SSSR count). The van der Waals surface area contributed by atoms with Gasteiger partial charge in [-0.1, -0.05) is 32.8 Å². The Morgan fingerprint density at radius 2 is 1.91 bits per heavy atom. The molecule has 4 aliphatic rings. The lowest BCUT2D eigenvalue weighted by Gasteiger charge is -2.60. The molecule has 0 aromatic carbocycles. The molecule has 3 fully saturated rings. The van der Waals surface area contributed by atoms with Gasteiger partial charge in [0.1, 0.15) is 0 Å². The van der Waals surface area contributed by atoms with Gasteiger partial charge in [-0.3, -0.25) is 0 Å². The number of fused-ring (bicyclic) bond motifs is 5. The van der Waals surface area contributed by atoms with Gasteiger partial charge in [0.05, 0.1) is 6.26 Å². The van der Waals surface area contributed by atoms with Crippen LogP contribution < -0.4 is 0 Å². The maximum absolute atomic E-state index is 9.24. The van der Waals surface area contributed by atoms with Crippen LogP contribution in [0.4, 0.5) is 0 Å². The molecule has 0 aromatic rings. The van der Waals surface area contributed by atoms with Gasteiger partial charge < -0.3 is 5.11 Å². The van der Waals surface area contributed by atoms with Crippen molar-refractivity contribution >= 4 is 0 Å². The van der Waals surface area contributed by atoms with Gasteiger partial charge in [0.2, 0.25) is 0 Å². The largest absolute Gasteiger partial charge is 0.516 e. The van der Waals surface area contributed by atoms with Crippen LogP contribution in [0.15, 0.2) is 24.0 Å². The predicted octanol–water partition coefficient (Wildman–Crippen LogP) is 6.03. The quantitative estimate of drug-likeness (QED) is 0.586. The van der Waals surface area contributed by atoms with Crippen molar-refractivity contribution < 1.29 is 5.11 Å². The Balaban J connectivity index is 1.63. The summed E-state index contributed by atoms with van der Waals surface area (Å²) in [6.45, 7) is 5.12. The number of rotatable bonds is 1. The van der Waals surface area contributed by atoms with Crippen LogP contribution >= 0.6 is 0 Å². The van der Waals surface area contributed by atoms with Crippen LogP contribution in [0.3, 0.4) is 0 Å². The van der Waals surface area contributed by atoms with E-state index in [4.69, 9.17) is 0 Å². The lowest BCUT2D eigenvalue weighted by Crippen LogP contribution is -2.52. The first-order valence-electron chi connectivity index (χ1n) is 9.61. The van der Waals surface area contributed by atoms with Gasteiger partial charge in [0, 0.05) is 0 Å². The first kappa shape index (κ1) is 14.8. The highest BCUT2D eigenvalue weighted by Gasteiger charge is 2.57. The summed E-state index contributed by atoms with van der Waals surface area (Å²) in [7, 11) is 0. The van der Waals surface area contributed by atoms with E-state index in [0.29, 0.717) is 10.8 Å². The van der Waals surface area contributed by atoms with Crippen molar-refractivity contribution in [3.63, 3.8) is 0 Å². The van der Waals surface area contributed by atoms with Crippen LogP contribution in [0.2, 0.25) is 0 Å². The molecule has 1 heteroatoms. The molecule has 0 aromatic heterocycles. The van der Waals surface area contributed by atoms with Crippen molar-refractivity contribution in [3.8, 4) is 0 Å². The minimum atomic E-state index is 0.332. The molecule has 0 bridgehead atoms. The topological polar surface area (TPSA) is 20.2 Å². The van der Waals surface area contributed by atoms with E-state index in [1.54, 1.807) is 0 Å². The molecule has 1 nitrogen and oxygen atoms in total. The minimum absolute atomic E-state index is 0.332. The Kier molecular flexibility index (Phi) is 3.47. The lowest BCUT2D eigenvalue weighted by molar-refractivity contribution is -0.0982. The molecule has 4 aliphatic carbocycles. The maximum Gasteiger partial charge on any atom is 0.0794 e. The smallest absolute Gasteiger partial charge is 0.0794 e. The van der Waals surface area contributed by atoms with E-state index >= 15 is 0 Å². The number of aliphatic hydroxyl groups excluding tert-OH is 1. The Morgan fingerprint density at radius 1 is 1.05 bits per heavy atom. The lowest BCUT2D eigenvalue weighted by atomic mass is 9.45. The fourth-order valence-corrected chi connectivity index (χ4v) is 7.23. The van der Waals surface area contributed by atoms with Crippen molar-refractivity contribution in [2.75, 3.05) is 0 Å². The van der Waals surface area contributed by atoms with Crippen LogP contribution in [0.25, 0.3) is 0 Å². The Labute approximate surface area is 135 Å². The van der Waals surface area contributed by atoms with Crippen LogP contribution in [0, 0.1) is 34.5 Å². The zero-order valence-electron chi connectivity index (χ0n) is 14.4. The van der Waals surface area contributed by atoms with E-state index in [2.05, 4.69) is 19.9 Å². The number of hydrogen-bond donors (Lipinski definition) is 1. The monoisotopic (exact) mass is 300 g/mol. The molecule has 3 saturated carbocycles. The zero-order valence-corrected chi connectivity index (χ0v) is 14.4. The maximum atomic E-state index is 9.24. The van der Waals surface area contributed by atoms with Crippen molar-refractivity contribution in [3.05, 3.63) is 24.0 Å². The van der Waals surface area contributed by atoms with Gasteiger partial charge in [-0.2, -0.15) is 0 Å². The van der Waals surface area contributed by atoms with Crippen LogP contribution in [0.1, 0.15) is 71.6 Å². The highest BCUT2D eigenvalue weighted by Crippen LogP contribution is 2.66. The van der Waals surface area contributed by atoms with E-state index in [0.717, 1.165) is 23.7 Å². The Bertz CT molecular complexity index is 504. The molecule has 0 spiro atoms. The van der Waals surface area contributed by atoms with Crippen molar-refractivity contribution in [2.45, 2.75) is 71.6 Å². The highest BCUT2D eigenvalue weighted by molar-refractivity contribution is 5.33. The van der Waals surface area contributed by atoms with Crippen molar-refractivity contribution in [2.24, 2.45) is 34.5 Å². The summed E-state index contributed by atoms with van der Waals surface area (Å²) in [5, 5.41) is 9.24. The van der Waals surface area contributed by atoms with E-state index in [1.807, 2.05) is 6.08 Å². The second kappa shape index (κ2) is 5.14. The summed E-state index contributed by atoms with van der Waals surface area (Å²) < 4.78 is 0. The summed E-state index contributed by atoms with van der Waals surface area (Å²) in [5.74, 6) is 3.74. The van der Waals surface area contributed by atoms with Crippen molar-refractivity contribution in [1.82, 2.24) is 0 Å². The first-order valence-corrected chi connectivity index (χ1v) is 9.61. The van der Waals surface area contributed by atoms with E-state index in [1.165, 1.54) is 69.6 Å². The molecule has 0 radical (unpaired) electrons. The number of aliphatic hydroxyl groups is 1. The molecule has 6 atom stereocenters. The van der Waals surface area contributed by atoms with Gasteiger partial charge in [-0.05, 0) is 91.1 Å². The zero-order chi connectivity index (χ0) is 15.4. The van der Waals surface area contributed by atoms with E-state index < -0.39 is 0 Å². The predicted molar refractivity (Wildman–Crippen MR) is 91.6 cm³/mol. The van der Waals surface area contributed by atoms with Crippen molar-refractivity contribution in [1.29, 1.82) is 0 Å². The first-order chi connectivity index (χ1) is 10.6. The standard InChI is InChI=1S/C21H32O/c1-20-12-4-3-5-15(20)6-8-17-18-9-7-16(11-14-22)21(18,2)13-10-19(17)20/h7,11,14-15,17-19,22H,3-6,8-10,12-13H2,1-2H3/t15?,17-,18-,19-,20-,21+/m0/s1. The minimum Gasteiger partial charge on any atom is -0.516 e. The van der Waals surface area contributed by atoms with Gasteiger partial charge in [0.25, 0.3) is 0 Å². The SMILES string of the molecule is C[C@]12CCCCC1CC[C@@H]1[C@@H]2CC[C@]2(C)C(C=CO)=CC[C@@H]12. The van der Waals surface area contributed by atoms with Crippen LogP contribution in [-0.4, -0.2) is 5.11 Å². The molecule has 1 N–H and O–H groups in total. The average molecular weight is 300 g/mol. The molecule has 0 amide bonds. The summed E-state index contributed by atoms with van der Waals surface area (Å²) in [5.41, 5.74) is 2.38. The second-order valence-corrected chi connectivity index (χ2v) is 9.07. The molecule has 0 aliphatic heterocycles. The third kappa shape index (κ3) is 1.90. The normalized spacial score (nSPS) is 51.1. The molecular weight excluding hydrogens is 268 g/mol. The summed E-state index contributed by atoms with van der Waals surface area (Å²) >= 11 is 0. The van der Waals surface area contributed by atoms with Crippen LogP contribution in [-0.2, 0) is 0 Å². The van der Waals surface area contributed by atoms with Crippen LogP contribution in [0.5, 0.6) is 0 Å². The third-order valence-electron chi connectivity index (χ3n) is 8.48. The molecule has 22 heavy (non-hydrogen) atoms. The summed E-state index contributed by atoms with van der Waals surface area (Å²) in [4.78, 5) is 0. The summed E-state index contributed by atoms with van der Waals surface area (Å²) in [6, 6.07) is 0. The van der Waals surface area contributed by atoms with Gasteiger partial charge in [-0.25, -0.2) is 0 Å². The average Bonchev–Trinajstić information content (AvgIpc) is 2.84. The Morgan fingerprint density at radius 3 is 2.73 bits per heavy atom. The molecule has 0 heterocycles.